The lowest BCUT2D eigenvalue weighted by molar-refractivity contribution is -0.142. The molecule has 1 rings (SSSR count). The van der Waals surface area contributed by atoms with Crippen LogP contribution in [0.25, 0.3) is 0 Å². The molecule has 10 heteroatoms. The van der Waals surface area contributed by atoms with E-state index in [9.17, 15) is 19.2 Å². The number of nitrogens with one attached hydrogen (secondary N) is 3. The molecule has 10 nitrogen and oxygen atoms in total. The van der Waals surface area contributed by atoms with Crippen molar-refractivity contribution < 1.29 is 29.4 Å². The van der Waals surface area contributed by atoms with Gasteiger partial charge in [0.15, 0.2) is 0 Å². The molecule has 1 aromatic carbocycles. The van der Waals surface area contributed by atoms with Gasteiger partial charge in [0.2, 0.25) is 17.7 Å². The van der Waals surface area contributed by atoms with Crippen LogP contribution in [0.5, 0.6) is 0 Å². The maximum atomic E-state index is 12.5. The lowest BCUT2D eigenvalue weighted by Crippen LogP contribution is -2.54. The molecular weight excluding hydrogens is 392 g/mol. The number of nitrogens with two attached hydrogens (primary N) is 1. The fourth-order valence-electron chi connectivity index (χ4n) is 2.66. The van der Waals surface area contributed by atoms with Gasteiger partial charge in [0, 0.05) is 0 Å². The number of aliphatic hydroxyl groups excluding tert-OH is 1. The smallest absolute Gasteiger partial charge is 0.328 e. The van der Waals surface area contributed by atoms with Crippen LogP contribution in [0, 0.1) is 5.92 Å². The molecule has 30 heavy (non-hydrogen) atoms. The third-order valence-corrected chi connectivity index (χ3v) is 4.21. The van der Waals surface area contributed by atoms with Crippen molar-refractivity contribution in [2.45, 2.75) is 44.8 Å². The number of benzene rings is 1. The number of carbonyl (C=O) groups excluding carboxylic acids is 3. The molecule has 1 aromatic rings. The Bertz CT molecular complexity index is 725. The Morgan fingerprint density at radius 2 is 1.63 bits per heavy atom. The first-order valence-corrected chi connectivity index (χ1v) is 9.64. The maximum Gasteiger partial charge on any atom is 0.328 e. The third kappa shape index (κ3) is 9.01. The Labute approximate surface area is 175 Å². The normalized spacial score (nSPS) is 13.8. The van der Waals surface area contributed by atoms with Gasteiger partial charge in [-0.15, -0.1) is 0 Å². The molecule has 0 radical (unpaired) electrons. The topological polar surface area (TPSA) is 171 Å². The summed E-state index contributed by atoms with van der Waals surface area (Å²) in [7, 11) is 0. The van der Waals surface area contributed by atoms with Crippen molar-refractivity contribution in [2.75, 3.05) is 13.2 Å². The van der Waals surface area contributed by atoms with Gasteiger partial charge >= 0.3 is 5.97 Å². The zero-order chi connectivity index (χ0) is 22.7. The molecule has 0 spiro atoms. The summed E-state index contributed by atoms with van der Waals surface area (Å²) in [6, 6.07) is 6.02. The second-order valence-electron chi connectivity index (χ2n) is 7.35. The van der Waals surface area contributed by atoms with Crippen LogP contribution >= 0.6 is 0 Å². The zero-order valence-corrected chi connectivity index (χ0v) is 17.1. The molecule has 3 atom stereocenters. The molecule has 0 saturated carbocycles. The highest BCUT2D eigenvalue weighted by molar-refractivity contribution is 5.92. The van der Waals surface area contributed by atoms with Crippen LogP contribution in [0.3, 0.4) is 0 Å². The van der Waals surface area contributed by atoms with E-state index in [0.717, 1.165) is 5.56 Å². The standard InChI is InChI=1S/C20H30N4O6/c1-12(2)8-15(19(28)22-10-17(26)23-16(11-25)20(29)30)24-18(27)14(21)9-13-6-4-3-5-7-13/h3-7,12,14-16,25H,8-11,21H2,1-2H3,(H,22,28)(H,23,26)(H,24,27)(H,29,30). The number of rotatable bonds is 12. The van der Waals surface area contributed by atoms with Crippen LogP contribution in [0.1, 0.15) is 25.8 Å². The Hall–Kier alpha value is -2.98. The molecule has 0 aliphatic rings. The van der Waals surface area contributed by atoms with Crippen molar-refractivity contribution in [1.29, 1.82) is 0 Å². The average Bonchev–Trinajstić information content (AvgIpc) is 2.69. The molecule has 0 bridgehead atoms. The van der Waals surface area contributed by atoms with Crippen molar-refractivity contribution in [1.82, 2.24) is 16.0 Å². The molecule has 7 N–H and O–H groups in total. The lowest BCUT2D eigenvalue weighted by atomic mass is 10.0. The summed E-state index contributed by atoms with van der Waals surface area (Å²) in [4.78, 5) is 47.5. The van der Waals surface area contributed by atoms with Crippen molar-refractivity contribution in [3.63, 3.8) is 0 Å². The molecule has 166 valence electrons. The number of carboxylic acids is 1. The van der Waals surface area contributed by atoms with Crippen LogP contribution < -0.4 is 21.7 Å². The summed E-state index contributed by atoms with van der Waals surface area (Å²) < 4.78 is 0. The number of aliphatic hydroxyl groups is 1. The number of hydrogen-bond donors (Lipinski definition) is 6. The highest BCUT2D eigenvalue weighted by atomic mass is 16.4. The fraction of sp³-hybridized carbons (Fsp3) is 0.500. The van der Waals surface area contributed by atoms with Gasteiger partial charge in [-0.1, -0.05) is 44.2 Å². The number of carboxylic acid groups (broad SMARTS) is 1. The van der Waals surface area contributed by atoms with E-state index in [4.69, 9.17) is 15.9 Å². The van der Waals surface area contributed by atoms with Crippen LogP contribution in [0.2, 0.25) is 0 Å². The first-order valence-electron chi connectivity index (χ1n) is 9.64. The summed E-state index contributed by atoms with van der Waals surface area (Å²) in [5.41, 5.74) is 6.85. The second kappa shape index (κ2) is 12.6. The molecule has 0 aliphatic carbocycles. The van der Waals surface area contributed by atoms with E-state index in [2.05, 4.69) is 16.0 Å². The quantitative estimate of drug-likeness (QED) is 0.245. The Kier molecular flexibility index (Phi) is 10.5. The summed E-state index contributed by atoms with van der Waals surface area (Å²) in [5.74, 6) is -3.17. The number of amides is 3. The van der Waals surface area contributed by atoms with Gasteiger partial charge < -0.3 is 31.9 Å². The van der Waals surface area contributed by atoms with Crippen molar-refractivity contribution in [3.05, 3.63) is 35.9 Å². The van der Waals surface area contributed by atoms with Gasteiger partial charge in [-0.3, -0.25) is 14.4 Å². The van der Waals surface area contributed by atoms with Gasteiger partial charge in [0.1, 0.15) is 12.1 Å². The van der Waals surface area contributed by atoms with Crippen LogP contribution in [0.4, 0.5) is 0 Å². The molecule has 3 unspecified atom stereocenters. The monoisotopic (exact) mass is 422 g/mol. The highest BCUT2D eigenvalue weighted by Crippen LogP contribution is 2.07. The van der Waals surface area contributed by atoms with Gasteiger partial charge in [-0.2, -0.15) is 0 Å². The van der Waals surface area contributed by atoms with E-state index in [1.807, 2.05) is 44.2 Å². The first-order chi connectivity index (χ1) is 14.1. The Morgan fingerprint density at radius 1 is 1.00 bits per heavy atom. The number of carbonyl (C=O) groups is 4. The Balaban J connectivity index is 2.64. The molecule has 0 heterocycles. The third-order valence-electron chi connectivity index (χ3n) is 4.21. The van der Waals surface area contributed by atoms with Crippen LogP contribution in [0.15, 0.2) is 30.3 Å². The second-order valence-corrected chi connectivity index (χ2v) is 7.35. The lowest BCUT2D eigenvalue weighted by Gasteiger charge is -2.22. The number of aliphatic carboxylic acids is 1. The SMILES string of the molecule is CC(C)CC(NC(=O)C(N)Cc1ccccc1)C(=O)NCC(=O)NC(CO)C(=O)O. The van der Waals surface area contributed by atoms with E-state index >= 15 is 0 Å². The molecule has 0 aliphatic heterocycles. The summed E-state index contributed by atoms with van der Waals surface area (Å²) in [6.07, 6.45) is 0.633. The first kappa shape index (κ1) is 25.1. The molecular formula is C20H30N4O6. The summed E-state index contributed by atoms with van der Waals surface area (Å²) in [6.45, 7) is 2.48. The van der Waals surface area contributed by atoms with Gasteiger partial charge in [-0.05, 0) is 24.3 Å². The predicted molar refractivity (Wildman–Crippen MR) is 109 cm³/mol. The van der Waals surface area contributed by atoms with Gasteiger partial charge in [-0.25, -0.2) is 4.79 Å². The molecule has 3 amide bonds. The van der Waals surface area contributed by atoms with E-state index < -0.39 is 55.0 Å². The summed E-state index contributed by atoms with van der Waals surface area (Å²) in [5, 5.41) is 24.8. The van der Waals surface area contributed by atoms with E-state index in [1.54, 1.807) is 0 Å². The van der Waals surface area contributed by atoms with E-state index in [1.165, 1.54) is 0 Å². The molecule has 0 saturated heterocycles. The zero-order valence-electron chi connectivity index (χ0n) is 17.1. The van der Waals surface area contributed by atoms with Gasteiger partial charge in [0.25, 0.3) is 0 Å². The minimum Gasteiger partial charge on any atom is -0.480 e. The molecule has 0 fully saturated rings. The van der Waals surface area contributed by atoms with E-state index in [-0.39, 0.29) is 5.92 Å². The van der Waals surface area contributed by atoms with Crippen molar-refractivity contribution in [3.8, 4) is 0 Å². The number of hydrogen-bond acceptors (Lipinski definition) is 6. The van der Waals surface area contributed by atoms with Gasteiger partial charge in [0.05, 0.1) is 19.2 Å². The predicted octanol–water partition coefficient (Wildman–Crippen LogP) is -1.23. The Morgan fingerprint density at radius 3 is 2.17 bits per heavy atom. The minimum atomic E-state index is -1.46. The van der Waals surface area contributed by atoms with Crippen LogP contribution in [-0.2, 0) is 25.6 Å². The van der Waals surface area contributed by atoms with Crippen molar-refractivity contribution >= 4 is 23.7 Å². The maximum absolute atomic E-state index is 12.5. The van der Waals surface area contributed by atoms with Crippen LogP contribution in [-0.4, -0.2) is 65.2 Å². The summed E-state index contributed by atoms with van der Waals surface area (Å²) >= 11 is 0. The van der Waals surface area contributed by atoms with E-state index in [0.29, 0.717) is 12.8 Å². The van der Waals surface area contributed by atoms with Crippen molar-refractivity contribution in [2.24, 2.45) is 11.7 Å². The average molecular weight is 422 g/mol. The minimum absolute atomic E-state index is 0.0750. The highest BCUT2D eigenvalue weighted by Gasteiger charge is 2.26. The molecule has 0 aromatic heterocycles. The fourth-order valence-corrected chi connectivity index (χ4v) is 2.66. The largest absolute Gasteiger partial charge is 0.480 e.